The van der Waals surface area contributed by atoms with Gasteiger partial charge >= 0.3 is 11.9 Å². The molecule has 0 atom stereocenters. The average molecular weight is 308 g/mol. The molecule has 0 fully saturated rings. The quantitative estimate of drug-likeness (QED) is 0.743. The number of rotatable bonds is 2. The molecule has 23 heavy (non-hydrogen) atoms. The van der Waals surface area contributed by atoms with Gasteiger partial charge in [-0.05, 0) is 35.4 Å². The molecule has 0 aliphatic heterocycles. The molecule has 4 nitrogen and oxygen atoms in total. The number of fused-ring (bicyclic) bond motifs is 1. The molecule has 0 saturated carbocycles. The monoisotopic (exact) mass is 308 g/mol. The van der Waals surface area contributed by atoms with Crippen LogP contribution in [0.5, 0.6) is 0 Å². The lowest BCUT2D eigenvalue weighted by Crippen LogP contribution is -2.03. The van der Waals surface area contributed by atoms with Gasteiger partial charge in [-0.25, -0.2) is 9.59 Å². The van der Waals surface area contributed by atoms with Gasteiger partial charge in [0.1, 0.15) is 0 Å². The van der Waals surface area contributed by atoms with Gasteiger partial charge in [0.2, 0.25) is 0 Å². The molecule has 0 radical (unpaired) electrons. The number of hydrogen-bond acceptors (Lipinski definition) is 2. The van der Waals surface area contributed by atoms with Crippen molar-refractivity contribution in [3.8, 4) is 0 Å². The number of benzene rings is 3. The van der Waals surface area contributed by atoms with Crippen LogP contribution in [0.1, 0.15) is 26.3 Å². The van der Waals surface area contributed by atoms with Crippen molar-refractivity contribution in [3.05, 3.63) is 83.4 Å². The Kier molecular flexibility index (Phi) is 5.10. The van der Waals surface area contributed by atoms with Crippen molar-refractivity contribution in [1.82, 2.24) is 0 Å². The van der Waals surface area contributed by atoms with E-state index in [-0.39, 0.29) is 11.1 Å². The summed E-state index contributed by atoms with van der Waals surface area (Å²) in [6.45, 7) is 1.62. The Labute approximate surface area is 133 Å². The molecule has 3 aromatic rings. The first kappa shape index (κ1) is 16.2. The van der Waals surface area contributed by atoms with Gasteiger partial charge < -0.3 is 10.2 Å². The summed E-state index contributed by atoms with van der Waals surface area (Å²) in [6.07, 6.45) is 0. The SMILES string of the molecule is Cc1ccc(C(=O)O)cc1C(=O)O.c1ccc2ccccc2c1. The summed E-state index contributed by atoms with van der Waals surface area (Å²) in [5, 5.41) is 19.9. The maximum absolute atomic E-state index is 10.6. The first-order valence-corrected chi connectivity index (χ1v) is 7.00. The van der Waals surface area contributed by atoms with Crippen LogP contribution in [0.3, 0.4) is 0 Å². The van der Waals surface area contributed by atoms with Gasteiger partial charge in [-0.15, -0.1) is 0 Å². The van der Waals surface area contributed by atoms with Crippen LogP contribution in [-0.2, 0) is 0 Å². The Bertz CT molecular complexity index is 787. The fraction of sp³-hybridized carbons (Fsp3) is 0.0526. The number of carboxylic acids is 2. The third kappa shape index (κ3) is 4.17. The molecule has 0 heterocycles. The minimum atomic E-state index is -1.12. The summed E-state index contributed by atoms with van der Waals surface area (Å²) in [5.41, 5.74) is 0.570. The van der Waals surface area contributed by atoms with E-state index >= 15 is 0 Å². The van der Waals surface area contributed by atoms with Gasteiger partial charge in [0.15, 0.2) is 0 Å². The third-order valence-corrected chi connectivity index (χ3v) is 3.37. The van der Waals surface area contributed by atoms with E-state index in [0.717, 1.165) is 6.07 Å². The molecule has 0 amide bonds. The van der Waals surface area contributed by atoms with E-state index in [9.17, 15) is 9.59 Å². The highest BCUT2D eigenvalue weighted by atomic mass is 16.4. The fourth-order valence-corrected chi connectivity index (χ4v) is 2.12. The van der Waals surface area contributed by atoms with Gasteiger partial charge in [0, 0.05) is 0 Å². The van der Waals surface area contributed by atoms with Gasteiger partial charge in [0.05, 0.1) is 11.1 Å². The Hall–Kier alpha value is -3.14. The zero-order valence-electron chi connectivity index (χ0n) is 12.6. The zero-order valence-corrected chi connectivity index (χ0v) is 12.6. The normalized spacial score (nSPS) is 9.78. The molecule has 3 aromatic carbocycles. The Morgan fingerprint density at radius 1 is 0.739 bits per heavy atom. The second kappa shape index (κ2) is 7.22. The molecule has 0 unspecified atom stereocenters. The van der Waals surface area contributed by atoms with Gasteiger partial charge in [-0.2, -0.15) is 0 Å². The summed E-state index contributed by atoms with van der Waals surface area (Å²) < 4.78 is 0. The summed E-state index contributed by atoms with van der Waals surface area (Å²) in [4.78, 5) is 21.1. The molecule has 0 aliphatic rings. The van der Waals surface area contributed by atoms with Crippen molar-refractivity contribution in [1.29, 1.82) is 0 Å². The van der Waals surface area contributed by atoms with E-state index in [2.05, 4.69) is 48.5 Å². The Morgan fingerprint density at radius 2 is 1.22 bits per heavy atom. The smallest absolute Gasteiger partial charge is 0.335 e. The summed E-state index contributed by atoms with van der Waals surface area (Å²) in [5.74, 6) is -2.23. The van der Waals surface area contributed by atoms with Crippen LogP contribution >= 0.6 is 0 Å². The number of carboxylic acid groups (broad SMARTS) is 2. The highest BCUT2D eigenvalue weighted by Crippen LogP contribution is 2.12. The second-order valence-corrected chi connectivity index (χ2v) is 4.99. The van der Waals surface area contributed by atoms with Crippen molar-refractivity contribution >= 4 is 22.7 Å². The number of aromatic carboxylic acids is 2. The lowest BCUT2D eigenvalue weighted by molar-refractivity contribution is 0.0695. The molecular weight excluding hydrogens is 292 g/mol. The van der Waals surface area contributed by atoms with E-state index in [0.29, 0.717) is 5.56 Å². The minimum Gasteiger partial charge on any atom is -0.478 e. The summed E-state index contributed by atoms with van der Waals surface area (Å²) in [7, 11) is 0. The minimum absolute atomic E-state index is 0.0111. The van der Waals surface area contributed by atoms with E-state index < -0.39 is 11.9 Å². The summed E-state index contributed by atoms with van der Waals surface area (Å²) in [6, 6.07) is 20.7. The van der Waals surface area contributed by atoms with E-state index in [4.69, 9.17) is 10.2 Å². The molecule has 2 N–H and O–H groups in total. The van der Waals surface area contributed by atoms with Crippen molar-refractivity contribution in [2.75, 3.05) is 0 Å². The standard InChI is InChI=1S/C10H8.C9H8O4/c1-2-6-10-8-4-3-7-9(10)5-1;1-5-2-3-6(8(10)11)4-7(5)9(12)13/h1-8H;2-4H,1H3,(H,10,11)(H,12,13). The van der Waals surface area contributed by atoms with Gasteiger partial charge in [-0.1, -0.05) is 54.6 Å². The van der Waals surface area contributed by atoms with Crippen LogP contribution in [0.25, 0.3) is 10.8 Å². The van der Waals surface area contributed by atoms with Crippen molar-refractivity contribution in [2.24, 2.45) is 0 Å². The first-order valence-electron chi connectivity index (χ1n) is 7.00. The van der Waals surface area contributed by atoms with E-state index in [1.165, 1.54) is 22.9 Å². The molecule has 0 bridgehead atoms. The number of carbonyl (C=O) groups is 2. The highest BCUT2D eigenvalue weighted by molar-refractivity contribution is 5.94. The maximum atomic E-state index is 10.6. The predicted molar refractivity (Wildman–Crippen MR) is 89.0 cm³/mol. The van der Waals surface area contributed by atoms with Crippen molar-refractivity contribution < 1.29 is 19.8 Å². The topological polar surface area (TPSA) is 74.6 Å². The average Bonchev–Trinajstić information content (AvgIpc) is 2.55. The Morgan fingerprint density at radius 3 is 1.61 bits per heavy atom. The summed E-state index contributed by atoms with van der Waals surface area (Å²) >= 11 is 0. The van der Waals surface area contributed by atoms with Gasteiger partial charge in [0.25, 0.3) is 0 Å². The molecule has 116 valence electrons. The fourth-order valence-electron chi connectivity index (χ4n) is 2.12. The molecule has 3 rings (SSSR count). The molecule has 0 spiro atoms. The Balaban J connectivity index is 0.000000172. The predicted octanol–water partition coefficient (Wildman–Crippen LogP) is 4.23. The lowest BCUT2D eigenvalue weighted by Gasteiger charge is -2.01. The number of hydrogen-bond donors (Lipinski definition) is 2. The van der Waals surface area contributed by atoms with Crippen LogP contribution in [0, 0.1) is 6.92 Å². The van der Waals surface area contributed by atoms with Crippen LogP contribution in [0.2, 0.25) is 0 Å². The van der Waals surface area contributed by atoms with Crippen LogP contribution in [-0.4, -0.2) is 22.2 Å². The van der Waals surface area contributed by atoms with E-state index in [1.807, 2.05) is 0 Å². The third-order valence-electron chi connectivity index (χ3n) is 3.37. The molecule has 0 saturated heterocycles. The van der Waals surface area contributed by atoms with Gasteiger partial charge in [-0.3, -0.25) is 0 Å². The molecule has 0 aliphatic carbocycles. The maximum Gasteiger partial charge on any atom is 0.335 e. The highest BCUT2D eigenvalue weighted by Gasteiger charge is 2.10. The molecule has 0 aromatic heterocycles. The first-order chi connectivity index (χ1) is 11.0. The second-order valence-electron chi connectivity index (χ2n) is 4.99. The van der Waals surface area contributed by atoms with Crippen LogP contribution in [0.4, 0.5) is 0 Å². The largest absolute Gasteiger partial charge is 0.478 e. The molecular formula is C19H16O4. The van der Waals surface area contributed by atoms with Crippen molar-refractivity contribution in [2.45, 2.75) is 6.92 Å². The lowest BCUT2D eigenvalue weighted by atomic mass is 10.1. The van der Waals surface area contributed by atoms with Crippen LogP contribution < -0.4 is 0 Å². The zero-order chi connectivity index (χ0) is 16.8. The van der Waals surface area contributed by atoms with Crippen LogP contribution in [0.15, 0.2) is 66.7 Å². The van der Waals surface area contributed by atoms with Crippen molar-refractivity contribution in [3.63, 3.8) is 0 Å². The molecule has 4 heteroatoms. The number of aryl methyl sites for hydroxylation is 1. The van der Waals surface area contributed by atoms with E-state index in [1.54, 1.807) is 6.92 Å².